The lowest BCUT2D eigenvalue weighted by atomic mass is 9.86. The number of rotatable bonds is 2. The number of carbonyl (C=O) groups is 1. The molecule has 1 aliphatic rings. The van der Waals surface area contributed by atoms with E-state index in [0.29, 0.717) is 12.0 Å². The second kappa shape index (κ2) is 5.82. The third-order valence-electron chi connectivity index (χ3n) is 5.06. The van der Waals surface area contributed by atoms with Crippen molar-refractivity contribution in [3.05, 3.63) is 46.0 Å². The van der Waals surface area contributed by atoms with Crippen LogP contribution in [0.5, 0.6) is 0 Å². The molecule has 4 nitrogen and oxygen atoms in total. The molecule has 1 heterocycles. The molecule has 3 rings (SSSR count). The SMILES string of the molecule is Cc1c(C(=O)Nc2c(F)ccc3c2CCC3(C)C)c(C(F)(F)F)nn1C. The number of anilines is 1. The van der Waals surface area contributed by atoms with Crippen LogP contribution in [0.2, 0.25) is 0 Å². The molecule has 1 aromatic carbocycles. The molecule has 0 saturated carbocycles. The number of halogens is 4. The van der Waals surface area contributed by atoms with Crippen molar-refractivity contribution in [1.29, 1.82) is 0 Å². The van der Waals surface area contributed by atoms with Gasteiger partial charge in [0, 0.05) is 12.7 Å². The lowest BCUT2D eigenvalue weighted by Gasteiger charge is -2.20. The van der Waals surface area contributed by atoms with Crippen molar-refractivity contribution >= 4 is 11.6 Å². The normalized spacial score (nSPS) is 15.8. The van der Waals surface area contributed by atoms with Crippen LogP contribution in [0, 0.1) is 12.7 Å². The molecule has 1 aromatic heterocycles. The van der Waals surface area contributed by atoms with Gasteiger partial charge in [0.25, 0.3) is 5.91 Å². The third-order valence-corrected chi connectivity index (χ3v) is 5.06. The Balaban J connectivity index is 2.05. The summed E-state index contributed by atoms with van der Waals surface area (Å²) in [5.41, 5.74) is -0.495. The van der Waals surface area contributed by atoms with Crippen LogP contribution >= 0.6 is 0 Å². The zero-order valence-electron chi connectivity index (χ0n) is 14.9. The predicted octanol–water partition coefficient (Wildman–Crippen LogP) is 4.36. The van der Waals surface area contributed by atoms with Gasteiger partial charge in [-0.2, -0.15) is 18.3 Å². The van der Waals surface area contributed by atoms with Crippen LogP contribution < -0.4 is 5.32 Å². The Kier molecular flexibility index (Phi) is 4.12. The number of nitrogens with one attached hydrogen (secondary N) is 1. The van der Waals surface area contributed by atoms with Crippen LogP contribution in [0.3, 0.4) is 0 Å². The molecule has 8 heteroatoms. The van der Waals surface area contributed by atoms with Crippen LogP contribution in [-0.2, 0) is 25.1 Å². The minimum absolute atomic E-state index is 0.0468. The smallest absolute Gasteiger partial charge is 0.319 e. The second-order valence-electron chi connectivity index (χ2n) is 7.22. The summed E-state index contributed by atoms with van der Waals surface area (Å²) >= 11 is 0. The van der Waals surface area contributed by atoms with Gasteiger partial charge >= 0.3 is 6.18 Å². The highest BCUT2D eigenvalue weighted by molar-refractivity contribution is 6.06. The summed E-state index contributed by atoms with van der Waals surface area (Å²) in [5, 5.41) is 5.76. The number of benzene rings is 1. The number of nitrogens with zero attached hydrogens (tertiary/aromatic N) is 2. The average molecular weight is 369 g/mol. The molecule has 2 aromatic rings. The number of carbonyl (C=O) groups excluding carboxylic acids is 1. The number of aromatic nitrogens is 2. The predicted molar refractivity (Wildman–Crippen MR) is 88.6 cm³/mol. The molecule has 0 bridgehead atoms. The van der Waals surface area contributed by atoms with E-state index in [1.807, 2.05) is 13.8 Å². The minimum atomic E-state index is -4.78. The van der Waals surface area contributed by atoms with E-state index in [4.69, 9.17) is 0 Å². The summed E-state index contributed by atoms with van der Waals surface area (Å²) in [5.74, 6) is -1.68. The maximum Gasteiger partial charge on any atom is 0.435 e. The molecule has 1 amide bonds. The molecule has 0 fully saturated rings. The van der Waals surface area contributed by atoms with Gasteiger partial charge in [-0.1, -0.05) is 19.9 Å². The van der Waals surface area contributed by atoms with Gasteiger partial charge in [0.15, 0.2) is 5.69 Å². The third kappa shape index (κ3) is 2.87. The molecule has 140 valence electrons. The second-order valence-corrected chi connectivity index (χ2v) is 7.22. The fourth-order valence-electron chi connectivity index (χ4n) is 3.47. The van der Waals surface area contributed by atoms with E-state index < -0.39 is 29.2 Å². The Morgan fingerprint density at radius 1 is 1.31 bits per heavy atom. The van der Waals surface area contributed by atoms with E-state index in [1.165, 1.54) is 20.0 Å². The zero-order valence-corrected chi connectivity index (χ0v) is 14.9. The average Bonchev–Trinajstić information content (AvgIpc) is 2.99. The Hall–Kier alpha value is -2.38. The van der Waals surface area contributed by atoms with E-state index in [2.05, 4.69) is 10.4 Å². The number of alkyl halides is 3. The monoisotopic (exact) mass is 369 g/mol. The Morgan fingerprint density at radius 2 is 1.96 bits per heavy atom. The molecule has 0 saturated heterocycles. The molecule has 1 N–H and O–H groups in total. The van der Waals surface area contributed by atoms with E-state index in [-0.39, 0.29) is 16.8 Å². The van der Waals surface area contributed by atoms with Gasteiger partial charge in [-0.15, -0.1) is 0 Å². The van der Waals surface area contributed by atoms with Gasteiger partial charge < -0.3 is 5.32 Å². The number of aryl methyl sites for hydroxylation is 1. The largest absolute Gasteiger partial charge is 0.435 e. The van der Waals surface area contributed by atoms with Crippen molar-refractivity contribution < 1.29 is 22.4 Å². The first-order chi connectivity index (χ1) is 11.9. The quantitative estimate of drug-likeness (QED) is 0.800. The summed E-state index contributed by atoms with van der Waals surface area (Å²) in [4.78, 5) is 12.6. The Labute approximate surface area is 148 Å². The Morgan fingerprint density at radius 3 is 2.58 bits per heavy atom. The van der Waals surface area contributed by atoms with Crippen LogP contribution in [-0.4, -0.2) is 15.7 Å². The molecule has 1 aliphatic carbocycles. The van der Waals surface area contributed by atoms with E-state index in [1.54, 1.807) is 6.07 Å². The van der Waals surface area contributed by atoms with Gasteiger partial charge in [-0.05, 0) is 42.4 Å². The van der Waals surface area contributed by atoms with Crippen molar-refractivity contribution in [1.82, 2.24) is 9.78 Å². The topological polar surface area (TPSA) is 46.9 Å². The van der Waals surface area contributed by atoms with Gasteiger partial charge in [0.2, 0.25) is 0 Å². The van der Waals surface area contributed by atoms with E-state index in [0.717, 1.165) is 16.7 Å². The van der Waals surface area contributed by atoms with Crippen molar-refractivity contribution in [3.63, 3.8) is 0 Å². The molecular weight excluding hydrogens is 350 g/mol. The highest BCUT2D eigenvalue weighted by Gasteiger charge is 2.41. The number of amides is 1. The summed E-state index contributed by atoms with van der Waals surface area (Å²) < 4.78 is 55.0. The van der Waals surface area contributed by atoms with Crippen LogP contribution in [0.4, 0.5) is 23.2 Å². The number of hydrogen-bond acceptors (Lipinski definition) is 2. The fourth-order valence-corrected chi connectivity index (χ4v) is 3.47. The molecule has 0 atom stereocenters. The van der Waals surface area contributed by atoms with Crippen molar-refractivity contribution in [2.45, 2.75) is 45.2 Å². The number of fused-ring (bicyclic) bond motifs is 1. The highest BCUT2D eigenvalue weighted by Crippen LogP contribution is 2.42. The number of hydrogen-bond donors (Lipinski definition) is 1. The molecule has 26 heavy (non-hydrogen) atoms. The summed E-state index contributed by atoms with van der Waals surface area (Å²) in [7, 11) is 1.32. The van der Waals surface area contributed by atoms with Gasteiger partial charge in [0.05, 0.1) is 11.3 Å². The van der Waals surface area contributed by atoms with Crippen molar-refractivity contribution in [3.8, 4) is 0 Å². The van der Waals surface area contributed by atoms with Gasteiger partial charge in [0.1, 0.15) is 5.82 Å². The molecule has 0 spiro atoms. The lowest BCUT2D eigenvalue weighted by Crippen LogP contribution is -2.20. The molecular formula is C18H19F4N3O. The van der Waals surface area contributed by atoms with Crippen LogP contribution in [0.15, 0.2) is 12.1 Å². The Bertz CT molecular complexity index is 897. The van der Waals surface area contributed by atoms with Gasteiger partial charge in [-0.3, -0.25) is 9.48 Å². The van der Waals surface area contributed by atoms with Crippen LogP contribution in [0.1, 0.15) is 53.1 Å². The van der Waals surface area contributed by atoms with E-state index >= 15 is 0 Å². The zero-order chi connectivity index (χ0) is 19.4. The highest BCUT2D eigenvalue weighted by atomic mass is 19.4. The standard InChI is InChI=1S/C18H19F4N3O/c1-9-13(15(18(20,21)22)24-25(9)4)16(26)23-14-10-7-8-17(2,3)11(10)5-6-12(14)19/h5-6H,7-8H2,1-4H3,(H,23,26). The summed E-state index contributed by atoms with van der Waals surface area (Å²) in [6.07, 6.45) is -3.46. The van der Waals surface area contributed by atoms with E-state index in [9.17, 15) is 22.4 Å². The lowest BCUT2D eigenvalue weighted by molar-refractivity contribution is -0.141. The molecule has 0 radical (unpaired) electrons. The fraction of sp³-hybridized carbons (Fsp3) is 0.444. The maximum absolute atomic E-state index is 14.4. The molecule has 0 unspecified atom stereocenters. The summed E-state index contributed by atoms with van der Waals surface area (Å²) in [6.45, 7) is 5.39. The van der Waals surface area contributed by atoms with Gasteiger partial charge in [-0.25, -0.2) is 4.39 Å². The summed E-state index contributed by atoms with van der Waals surface area (Å²) in [6, 6.07) is 2.91. The maximum atomic E-state index is 14.4. The van der Waals surface area contributed by atoms with Crippen molar-refractivity contribution in [2.75, 3.05) is 5.32 Å². The van der Waals surface area contributed by atoms with Crippen molar-refractivity contribution in [2.24, 2.45) is 7.05 Å². The molecule has 0 aliphatic heterocycles. The first-order valence-electron chi connectivity index (χ1n) is 8.17. The van der Waals surface area contributed by atoms with Crippen LogP contribution in [0.25, 0.3) is 0 Å². The first-order valence-corrected chi connectivity index (χ1v) is 8.17. The minimum Gasteiger partial charge on any atom is -0.319 e. The first kappa shape index (κ1) is 18.4.